The van der Waals surface area contributed by atoms with Gasteiger partial charge in [-0.1, -0.05) is 13.5 Å². The van der Waals surface area contributed by atoms with Gasteiger partial charge in [-0.3, -0.25) is 0 Å². The molecule has 0 saturated heterocycles. The predicted octanol–water partition coefficient (Wildman–Crippen LogP) is -1.15. The van der Waals surface area contributed by atoms with Gasteiger partial charge in [0.25, 0.3) is 0 Å². The topological polar surface area (TPSA) is 141 Å². The van der Waals surface area contributed by atoms with Crippen molar-refractivity contribution < 1.29 is 39.5 Å². The van der Waals surface area contributed by atoms with Crippen LogP contribution in [0.3, 0.4) is 0 Å². The van der Waals surface area contributed by atoms with E-state index in [2.05, 4.69) is 11.3 Å². The van der Waals surface area contributed by atoms with Crippen LogP contribution >= 0.6 is 0 Å². The summed E-state index contributed by atoms with van der Waals surface area (Å²) in [5, 5.41) is 33.0. The molecule has 8 heteroatoms. The van der Waals surface area contributed by atoms with E-state index in [1.54, 1.807) is 6.92 Å². The maximum absolute atomic E-state index is 9.92. The number of aliphatic carboxylic acids is 1. The normalized spacial score (nSPS) is 12.6. The van der Waals surface area contributed by atoms with E-state index in [0.29, 0.717) is 0 Å². The molecule has 1 aliphatic heterocycles. The molecule has 0 saturated carbocycles. The van der Waals surface area contributed by atoms with Gasteiger partial charge in [-0.25, -0.2) is 14.4 Å². The summed E-state index contributed by atoms with van der Waals surface area (Å²) in [5.74, 6) is -2.14. The molecule has 0 aromatic carbocycles. The minimum Gasteiger partial charge on any atom is -0.478 e. The maximum atomic E-state index is 9.92. The molecule has 1 rings (SSSR count). The molecule has 0 fully saturated rings. The zero-order valence-electron chi connectivity index (χ0n) is 11.0. The largest absolute Gasteiger partial charge is 0.478 e. The third-order valence-corrected chi connectivity index (χ3v) is 1.88. The van der Waals surface area contributed by atoms with E-state index in [-0.39, 0.29) is 19.8 Å². The summed E-state index contributed by atoms with van der Waals surface area (Å²) in [4.78, 5) is 29.1. The van der Waals surface area contributed by atoms with Crippen molar-refractivity contribution in [2.24, 2.45) is 5.41 Å². The van der Waals surface area contributed by atoms with E-state index in [0.717, 1.165) is 18.2 Å². The number of carboxylic acids is 1. The fourth-order valence-electron chi connectivity index (χ4n) is 0.453. The first-order chi connectivity index (χ1) is 9.24. The summed E-state index contributed by atoms with van der Waals surface area (Å²) < 4.78 is 3.97. The molecule has 114 valence electrons. The van der Waals surface area contributed by atoms with Crippen molar-refractivity contribution >= 4 is 17.9 Å². The van der Waals surface area contributed by atoms with Crippen molar-refractivity contribution in [3.63, 3.8) is 0 Å². The van der Waals surface area contributed by atoms with Crippen molar-refractivity contribution in [3.05, 3.63) is 24.8 Å². The lowest BCUT2D eigenvalue weighted by Gasteiger charge is -2.20. The van der Waals surface area contributed by atoms with Gasteiger partial charge in [0.05, 0.1) is 19.8 Å². The van der Waals surface area contributed by atoms with Crippen molar-refractivity contribution in [3.8, 4) is 0 Å². The number of hydrogen-bond acceptors (Lipinski definition) is 7. The van der Waals surface area contributed by atoms with Crippen molar-refractivity contribution in [2.45, 2.75) is 6.92 Å². The van der Waals surface area contributed by atoms with E-state index in [1.165, 1.54) is 0 Å². The molecule has 1 heterocycles. The minimum absolute atomic E-state index is 0.181. The monoisotopic (exact) mass is 290 g/mol. The van der Waals surface area contributed by atoms with E-state index in [9.17, 15) is 14.4 Å². The predicted molar refractivity (Wildman–Crippen MR) is 67.4 cm³/mol. The Kier molecular flexibility index (Phi) is 11.0. The van der Waals surface area contributed by atoms with E-state index in [4.69, 9.17) is 20.4 Å². The molecule has 0 unspecified atom stereocenters. The number of hydrogen-bond donors (Lipinski definition) is 4. The second-order valence-electron chi connectivity index (χ2n) is 3.90. The Morgan fingerprint density at radius 1 is 1.20 bits per heavy atom. The van der Waals surface area contributed by atoms with Gasteiger partial charge in [0.1, 0.15) is 0 Å². The molecule has 0 radical (unpaired) electrons. The summed E-state index contributed by atoms with van der Waals surface area (Å²) in [6.45, 7) is 4.02. The highest BCUT2D eigenvalue weighted by atomic mass is 16.6. The first-order valence-electron chi connectivity index (χ1n) is 5.36. The number of aliphatic hydroxyl groups excluding tert-OH is 3. The van der Waals surface area contributed by atoms with E-state index in [1.807, 2.05) is 0 Å². The Morgan fingerprint density at radius 2 is 1.50 bits per heavy atom. The number of cyclic esters (lactones) is 2. The molecule has 0 bridgehead atoms. The van der Waals surface area contributed by atoms with Crippen LogP contribution in [0, 0.1) is 5.41 Å². The average Bonchev–Trinajstić information content (AvgIpc) is 2.82. The molecule has 1 aliphatic rings. The third kappa shape index (κ3) is 11.1. The van der Waals surface area contributed by atoms with Gasteiger partial charge in [-0.2, -0.15) is 0 Å². The quantitative estimate of drug-likeness (QED) is 0.289. The van der Waals surface area contributed by atoms with E-state index >= 15 is 0 Å². The number of carbonyl (C=O) groups excluding carboxylic acids is 2. The van der Waals surface area contributed by atoms with Crippen LogP contribution in [0.5, 0.6) is 0 Å². The standard InChI is InChI=1S/C5H12O3.C4H2O3.C3H4O2/c1-5(2-6,3-7)4-8;5-3-1-2-4(6)7-3;1-2-3(4)5/h6-8H,2-4H2,1H3;1-2H;2H,1H2,(H,4,5). The zero-order chi connectivity index (χ0) is 16.2. The second kappa shape index (κ2) is 10.9. The Hall–Kier alpha value is -2.03. The lowest BCUT2D eigenvalue weighted by molar-refractivity contribution is -0.150. The lowest BCUT2D eigenvalue weighted by atomic mass is 9.95. The van der Waals surface area contributed by atoms with Gasteiger partial charge in [-0.05, 0) is 0 Å². The number of aliphatic hydroxyl groups is 3. The molecule has 0 spiro atoms. The molecular formula is C12H18O8. The Morgan fingerprint density at radius 3 is 1.55 bits per heavy atom. The summed E-state index contributed by atoms with van der Waals surface area (Å²) in [6.07, 6.45) is 3.00. The summed E-state index contributed by atoms with van der Waals surface area (Å²) in [7, 11) is 0. The van der Waals surface area contributed by atoms with Gasteiger partial charge in [0.15, 0.2) is 0 Å². The third-order valence-electron chi connectivity index (χ3n) is 1.88. The molecule has 0 amide bonds. The highest BCUT2D eigenvalue weighted by Gasteiger charge is 2.20. The maximum Gasteiger partial charge on any atom is 0.338 e. The fourth-order valence-corrected chi connectivity index (χ4v) is 0.453. The van der Waals surface area contributed by atoms with Gasteiger partial charge < -0.3 is 25.2 Å². The van der Waals surface area contributed by atoms with Crippen molar-refractivity contribution in [1.82, 2.24) is 0 Å². The summed E-state index contributed by atoms with van der Waals surface area (Å²) in [6, 6.07) is 0. The summed E-state index contributed by atoms with van der Waals surface area (Å²) in [5.41, 5.74) is -0.708. The highest BCUT2D eigenvalue weighted by molar-refractivity contribution is 6.04. The van der Waals surface area contributed by atoms with Gasteiger partial charge in [-0.15, -0.1) is 0 Å². The SMILES string of the molecule is C=CC(=O)O.CC(CO)(CO)CO.O=C1C=CC(=O)O1. The van der Waals surface area contributed by atoms with Gasteiger partial charge in [0, 0.05) is 23.6 Å². The van der Waals surface area contributed by atoms with Crippen LogP contribution in [0.25, 0.3) is 0 Å². The molecule has 0 aliphatic carbocycles. The molecule has 0 aromatic rings. The van der Waals surface area contributed by atoms with Crippen LogP contribution in [-0.4, -0.2) is 58.2 Å². The highest BCUT2D eigenvalue weighted by Crippen LogP contribution is 2.10. The van der Waals surface area contributed by atoms with Gasteiger partial charge >= 0.3 is 17.9 Å². The molecule has 4 N–H and O–H groups in total. The molecule has 8 nitrogen and oxygen atoms in total. The second-order valence-corrected chi connectivity index (χ2v) is 3.90. The molecule has 0 aromatic heterocycles. The number of carboxylic acid groups (broad SMARTS) is 1. The minimum atomic E-state index is -0.981. The van der Waals surface area contributed by atoms with Crippen LogP contribution in [0.1, 0.15) is 6.92 Å². The van der Waals surface area contributed by atoms with Crippen LogP contribution < -0.4 is 0 Å². The number of ether oxygens (including phenoxy) is 1. The van der Waals surface area contributed by atoms with Gasteiger partial charge in [0.2, 0.25) is 0 Å². The van der Waals surface area contributed by atoms with E-state index < -0.39 is 23.3 Å². The molecule has 0 atom stereocenters. The smallest absolute Gasteiger partial charge is 0.338 e. The number of esters is 2. The van der Waals surface area contributed by atoms with Crippen LogP contribution in [0.4, 0.5) is 0 Å². The first-order valence-corrected chi connectivity index (χ1v) is 5.36. The first kappa shape index (κ1) is 20.3. The average molecular weight is 290 g/mol. The Bertz CT molecular complexity index is 343. The Labute approximate surface area is 115 Å². The van der Waals surface area contributed by atoms with Crippen molar-refractivity contribution in [1.29, 1.82) is 0 Å². The van der Waals surface area contributed by atoms with Crippen LogP contribution in [-0.2, 0) is 19.1 Å². The number of rotatable bonds is 4. The molecular weight excluding hydrogens is 272 g/mol. The van der Waals surface area contributed by atoms with Crippen LogP contribution in [0.2, 0.25) is 0 Å². The zero-order valence-corrected chi connectivity index (χ0v) is 11.0. The van der Waals surface area contributed by atoms with Crippen LogP contribution in [0.15, 0.2) is 24.8 Å². The summed E-state index contributed by atoms with van der Waals surface area (Å²) >= 11 is 0. The van der Waals surface area contributed by atoms with Crippen molar-refractivity contribution in [2.75, 3.05) is 19.8 Å². The fraction of sp³-hybridized carbons (Fsp3) is 0.417. The lowest BCUT2D eigenvalue weighted by Crippen LogP contribution is -2.29. The Balaban J connectivity index is 0. The molecule has 20 heavy (non-hydrogen) atoms. The number of carbonyl (C=O) groups is 3.